The van der Waals surface area contributed by atoms with Crippen LogP contribution in [0.1, 0.15) is 137 Å². The molecule has 0 fully saturated rings. The molecule has 4 atom stereocenters. The van der Waals surface area contributed by atoms with Crippen molar-refractivity contribution in [3.63, 3.8) is 0 Å². The first-order valence-electron chi connectivity index (χ1n) is 41.2. The minimum absolute atomic E-state index is 0. The van der Waals surface area contributed by atoms with Crippen molar-refractivity contribution < 1.29 is 146 Å². The Hall–Kier alpha value is -5.07. The normalized spacial score (nSPS) is 10.9. The van der Waals surface area contributed by atoms with Crippen LogP contribution in [0.2, 0.25) is 0 Å². The van der Waals surface area contributed by atoms with Gasteiger partial charge in [-0.15, -0.1) is 247 Å². The van der Waals surface area contributed by atoms with Gasteiger partial charge in [0.05, 0.1) is 26.8 Å². The molecule has 6 aromatic carbocycles. The van der Waals surface area contributed by atoms with Crippen LogP contribution < -0.4 is 0 Å². The molecule has 6 aromatic heterocycles. The molecule has 0 spiro atoms. The molecule has 0 radical (unpaired) electrons. The summed E-state index contributed by atoms with van der Waals surface area (Å²) < 4.78 is 20.8. The van der Waals surface area contributed by atoms with Crippen LogP contribution in [0.5, 0.6) is 0 Å². The molecule has 0 amide bonds. The standard InChI is InChI=1S/C12H24.6C11H8N.C8H16.C6H12N2.C6H14O2.C4H12O2P2.C4H12P2.6Pt/c1-9(2)11(5,6)12(7,8)10(3)4;6*1-2-6-10(7-3-1)11-8-4-5-9-12-11;1-7(2)5-6-8(3)4;1-5(7-3)6(2)8-4;1-5(2,7)6(3,4)8;1-7(5)3-4-8(2)6;1-5-3-4-6-2;;;;;;/h1-8H3;6*1-6,8-9H;5-6H2,1-4H3;1-4H3;7-8H,1-4H3;7-8H,3-4H2,1-2H3;5-6H,3-4H2,1-2H3;;;;;;/q-2;6*-1;2*-2;;;;;;;3*+2. The summed E-state index contributed by atoms with van der Waals surface area (Å²) in [7, 11) is 3.17. The number of aromatic nitrogens is 6. The number of aliphatic hydroxyl groups is 2. The second-order valence-electron chi connectivity index (χ2n) is 31.0. The summed E-state index contributed by atoms with van der Waals surface area (Å²) in [5.41, 5.74) is 12.7. The second kappa shape index (κ2) is 80.4. The molecule has 0 saturated carbocycles. The number of hydrogen-bond acceptors (Lipinski definition) is 10. The molecule has 0 saturated heterocycles. The molecule has 128 heavy (non-hydrogen) atoms. The van der Waals surface area contributed by atoms with Gasteiger partial charge < -0.3 is 83.6 Å². The van der Waals surface area contributed by atoms with E-state index in [-0.39, 0.29) is 126 Å². The molecule has 0 aliphatic rings. The van der Waals surface area contributed by atoms with Crippen LogP contribution in [0, 0.1) is 70.9 Å². The van der Waals surface area contributed by atoms with E-state index in [2.05, 4.69) is 173 Å². The molecule has 4 unspecified atom stereocenters. The van der Waals surface area contributed by atoms with E-state index in [0.717, 1.165) is 78.9 Å². The molecule has 12 aromatic rings. The van der Waals surface area contributed by atoms with E-state index in [1.54, 1.807) is 92.3 Å². The Labute approximate surface area is 866 Å². The number of hydrogen-bond donors (Lipinski definition) is 2. The molecule has 2 N–H and O–H groups in total. The summed E-state index contributed by atoms with van der Waals surface area (Å²) in [5, 5.41) is 26.1. The zero-order chi connectivity index (χ0) is 91.0. The average Bonchev–Trinajstić information content (AvgIpc) is 0.794. The molecule has 12 nitrogen and oxygen atoms in total. The van der Waals surface area contributed by atoms with E-state index in [0.29, 0.717) is 23.2 Å². The van der Waals surface area contributed by atoms with Crippen LogP contribution in [0.25, 0.3) is 78.2 Å². The van der Waals surface area contributed by atoms with E-state index in [4.69, 9.17) is 10.2 Å². The SMILES string of the molecule is CC(C)(O)C(C)(C)O.CPCCPC.C[C-](C)C(C)(C)C(C)(C)[C-](C)C.C[C-](C)CC[C-](C)C.C[N-]C(C)=C(C)[N-]C.C[PH](=O)CC[PH](C)=O.[Pt+2].[Pt+2].[Pt+2].[Pt].[Pt].[Pt].[c-]1ccccc1-c1ccccn1.[c-]1ccccc1-c1ccccn1.[c-]1ccccc1-c1ccccn1.[c-]1ccccc1-c1ccccn1.[c-]1ccccc1-c1ccccn1.[c-]1ccccc1-c1ccccn1. The van der Waals surface area contributed by atoms with Gasteiger partial charge in [-0.2, -0.15) is 77.6 Å². The Morgan fingerprint density at radius 2 is 0.508 bits per heavy atom. The maximum absolute atomic E-state index is 10.4. The van der Waals surface area contributed by atoms with Crippen molar-refractivity contribution in [3.05, 3.63) is 374 Å². The molecule has 712 valence electrons. The number of allylic oxidation sites excluding steroid dienone is 2. The average molecular weight is 2880 g/mol. The molecule has 0 bridgehead atoms. The molecule has 22 heteroatoms. The third-order valence-corrected chi connectivity index (χ3v) is 23.6. The van der Waals surface area contributed by atoms with E-state index < -0.39 is 26.8 Å². The van der Waals surface area contributed by atoms with E-state index in [9.17, 15) is 9.13 Å². The van der Waals surface area contributed by atoms with Crippen molar-refractivity contribution in [2.24, 2.45) is 10.8 Å². The fourth-order valence-corrected chi connectivity index (χ4v) is 13.9. The van der Waals surface area contributed by atoms with Gasteiger partial charge in [0.25, 0.3) is 0 Å². The molecule has 0 aliphatic carbocycles. The minimum atomic E-state index is -1.35. The Balaban J connectivity index is -0.000000318. The summed E-state index contributed by atoms with van der Waals surface area (Å²) in [4.78, 5) is 25.3. The summed E-state index contributed by atoms with van der Waals surface area (Å²) >= 11 is 0. The summed E-state index contributed by atoms with van der Waals surface area (Å²) in [6.07, 6.45) is 17.5. The number of nitrogens with zero attached hydrogens (tertiary/aromatic N) is 8. The Kier molecular flexibility index (Phi) is 84.0. The number of benzene rings is 6. The fraction of sp³-hybridized carbons (Fsp3) is 0.321. The zero-order valence-electron chi connectivity index (χ0n) is 79.1. The van der Waals surface area contributed by atoms with Crippen molar-refractivity contribution >= 4 is 32.8 Å². The van der Waals surface area contributed by atoms with E-state index in [1.807, 2.05) is 269 Å². The largest absolute Gasteiger partial charge is 2.00 e. The zero-order valence-corrected chi connectivity index (χ0v) is 96.8. The quantitative estimate of drug-likeness (QED) is 0.0399. The van der Waals surface area contributed by atoms with E-state index in [1.165, 1.54) is 66.0 Å². The van der Waals surface area contributed by atoms with Gasteiger partial charge in [0.1, 0.15) is 0 Å². The van der Waals surface area contributed by atoms with E-state index >= 15 is 0 Å². The minimum Gasteiger partial charge on any atom is -0.692 e. The Morgan fingerprint density at radius 3 is 0.609 bits per heavy atom. The molecule has 12 rings (SSSR count). The van der Waals surface area contributed by atoms with Gasteiger partial charge >= 0.3 is 63.2 Å². The summed E-state index contributed by atoms with van der Waals surface area (Å²) in [5.74, 6) is 6.08. The predicted octanol–water partition coefficient (Wildman–Crippen LogP) is 28.3. The second-order valence-corrected chi connectivity index (χ2v) is 37.2. The molecular formula is C106H138N8O4P4Pt6-6. The first-order chi connectivity index (χ1) is 58.1. The first-order valence-corrected chi connectivity index (χ1v) is 48.8. The van der Waals surface area contributed by atoms with Crippen molar-refractivity contribution in [3.8, 4) is 67.5 Å². The van der Waals surface area contributed by atoms with Crippen molar-refractivity contribution in [1.29, 1.82) is 0 Å². The molecule has 6 heterocycles. The Bertz CT molecular complexity index is 3680. The fourth-order valence-electron chi connectivity index (χ4n) is 9.12. The van der Waals surface area contributed by atoms with Crippen LogP contribution in [-0.2, 0) is 136 Å². The first kappa shape index (κ1) is 134. The van der Waals surface area contributed by atoms with Crippen LogP contribution >= 0.6 is 32.8 Å². The van der Waals surface area contributed by atoms with Gasteiger partial charge in [0.15, 0.2) is 0 Å². The van der Waals surface area contributed by atoms with Crippen molar-refractivity contribution in [1.82, 2.24) is 29.9 Å². The van der Waals surface area contributed by atoms with Gasteiger partial charge in [0.2, 0.25) is 0 Å². The number of rotatable bonds is 21. The third-order valence-electron chi connectivity index (χ3n) is 19.2. The number of pyridine rings is 6. The monoisotopic (exact) mass is 2880 g/mol. The Morgan fingerprint density at radius 1 is 0.336 bits per heavy atom. The summed E-state index contributed by atoms with van der Waals surface area (Å²) in [6, 6.07) is 101. The van der Waals surface area contributed by atoms with Crippen LogP contribution in [0.3, 0.4) is 0 Å². The van der Waals surface area contributed by atoms with Gasteiger partial charge in [-0.1, -0.05) is 114 Å². The maximum atomic E-state index is 10.4. The molecular weight excluding hydrogens is 2740 g/mol. The van der Waals surface area contributed by atoms with Gasteiger partial charge in [-0.25, -0.2) is 12.8 Å². The van der Waals surface area contributed by atoms with Gasteiger partial charge in [-0.3, -0.25) is 0 Å². The summed E-state index contributed by atoms with van der Waals surface area (Å²) in [6.45, 7) is 45.1. The van der Waals surface area contributed by atoms with Crippen LogP contribution in [0.15, 0.2) is 303 Å². The molecule has 0 aliphatic heterocycles. The maximum Gasteiger partial charge on any atom is 2.00 e. The van der Waals surface area contributed by atoms with Crippen LogP contribution in [0.4, 0.5) is 0 Å². The van der Waals surface area contributed by atoms with Crippen molar-refractivity contribution in [2.45, 2.75) is 149 Å². The van der Waals surface area contributed by atoms with Crippen molar-refractivity contribution in [2.75, 3.05) is 65.4 Å². The topological polar surface area (TPSA) is 180 Å². The van der Waals surface area contributed by atoms with Gasteiger partial charge in [0, 0.05) is 113 Å². The third kappa shape index (κ3) is 63.2. The van der Waals surface area contributed by atoms with Crippen LogP contribution in [-0.4, -0.2) is 117 Å². The smallest absolute Gasteiger partial charge is 0.692 e. The predicted molar refractivity (Wildman–Crippen MR) is 534 cm³/mol. The van der Waals surface area contributed by atoms with Gasteiger partial charge in [-0.05, 0) is 137 Å².